The molecule has 0 saturated carbocycles. The van der Waals surface area contributed by atoms with E-state index in [0.717, 1.165) is 74.2 Å². The van der Waals surface area contributed by atoms with Crippen LogP contribution in [0.2, 0.25) is 0 Å². The third-order valence-electron chi connectivity index (χ3n) is 5.88. The average molecular weight is 437 g/mol. The van der Waals surface area contributed by atoms with Gasteiger partial charge in [0.2, 0.25) is 0 Å². The number of rotatable bonds is 10. The lowest BCUT2D eigenvalue weighted by molar-refractivity contribution is 0.253. The van der Waals surface area contributed by atoms with Gasteiger partial charge in [-0.1, -0.05) is 17.3 Å². The second kappa shape index (κ2) is 11.0. The van der Waals surface area contributed by atoms with Gasteiger partial charge in [0, 0.05) is 43.5 Å². The van der Waals surface area contributed by atoms with Crippen LogP contribution in [0.15, 0.2) is 59.1 Å². The quantitative estimate of drug-likeness (QED) is 0.487. The molecule has 0 radical (unpaired) electrons. The maximum atomic E-state index is 5.49. The fraction of sp³-hybridized carbons (Fsp3) is 0.400. The van der Waals surface area contributed by atoms with Crippen molar-refractivity contribution in [2.45, 2.75) is 13.0 Å². The smallest absolute Gasteiger partial charge is 0.151 e. The van der Waals surface area contributed by atoms with E-state index in [4.69, 9.17) is 14.0 Å². The van der Waals surface area contributed by atoms with Gasteiger partial charge in [-0.2, -0.15) is 0 Å². The van der Waals surface area contributed by atoms with Crippen LogP contribution >= 0.6 is 0 Å². The van der Waals surface area contributed by atoms with Crippen LogP contribution in [-0.2, 0) is 6.54 Å². The second-order valence-corrected chi connectivity index (χ2v) is 7.94. The molecular formula is C25H32N4O3. The standard InChI is InChI=1S/C25H32N4O3/c1-30-21-10-8-20(9-11-21)29-16-14-28(15-17-29)13-5-12-26-19-22-18-24(27-32-22)23-6-3-4-7-25(23)31-2/h3-4,6-11,18,26H,5,12-17,19H2,1-2H3. The molecule has 2 heterocycles. The molecule has 0 amide bonds. The minimum Gasteiger partial charge on any atom is -0.497 e. The maximum absolute atomic E-state index is 5.49. The number of piperazine rings is 1. The van der Waals surface area contributed by atoms with E-state index >= 15 is 0 Å². The summed E-state index contributed by atoms with van der Waals surface area (Å²) in [5.41, 5.74) is 3.01. The maximum Gasteiger partial charge on any atom is 0.151 e. The molecule has 1 saturated heterocycles. The molecule has 3 aromatic rings. The largest absolute Gasteiger partial charge is 0.497 e. The van der Waals surface area contributed by atoms with E-state index in [1.807, 2.05) is 42.5 Å². The summed E-state index contributed by atoms with van der Waals surface area (Å²) >= 11 is 0. The number of benzene rings is 2. The van der Waals surface area contributed by atoms with Crippen molar-refractivity contribution in [3.05, 3.63) is 60.4 Å². The molecule has 32 heavy (non-hydrogen) atoms. The predicted octanol–water partition coefficient (Wildman–Crippen LogP) is 3.66. The van der Waals surface area contributed by atoms with E-state index in [1.165, 1.54) is 5.69 Å². The number of hydrogen-bond donors (Lipinski definition) is 1. The van der Waals surface area contributed by atoms with Gasteiger partial charge in [-0.05, 0) is 55.9 Å². The topological polar surface area (TPSA) is 63.0 Å². The van der Waals surface area contributed by atoms with E-state index < -0.39 is 0 Å². The van der Waals surface area contributed by atoms with Crippen molar-refractivity contribution in [2.75, 3.05) is 58.4 Å². The minimum absolute atomic E-state index is 0.674. The number of nitrogens with one attached hydrogen (secondary N) is 1. The van der Waals surface area contributed by atoms with Crippen molar-refractivity contribution in [1.29, 1.82) is 0 Å². The zero-order chi connectivity index (χ0) is 22.2. The summed E-state index contributed by atoms with van der Waals surface area (Å²) in [7, 11) is 3.37. The van der Waals surface area contributed by atoms with Gasteiger partial charge < -0.3 is 24.2 Å². The number of anilines is 1. The van der Waals surface area contributed by atoms with E-state index in [-0.39, 0.29) is 0 Å². The van der Waals surface area contributed by atoms with Crippen LogP contribution in [0.1, 0.15) is 12.2 Å². The summed E-state index contributed by atoms with van der Waals surface area (Å²) in [6.07, 6.45) is 1.11. The van der Waals surface area contributed by atoms with Crippen molar-refractivity contribution in [3.8, 4) is 22.8 Å². The van der Waals surface area contributed by atoms with Crippen molar-refractivity contribution in [3.63, 3.8) is 0 Å². The van der Waals surface area contributed by atoms with Gasteiger partial charge in [-0.3, -0.25) is 4.90 Å². The van der Waals surface area contributed by atoms with Gasteiger partial charge in [-0.25, -0.2) is 0 Å². The fourth-order valence-corrected chi connectivity index (χ4v) is 4.04. The highest BCUT2D eigenvalue weighted by Crippen LogP contribution is 2.29. The fourth-order valence-electron chi connectivity index (χ4n) is 4.04. The Kier molecular flexibility index (Phi) is 7.64. The Bertz CT molecular complexity index is 965. The van der Waals surface area contributed by atoms with Gasteiger partial charge in [0.05, 0.1) is 20.8 Å². The Morgan fingerprint density at radius 1 is 0.969 bits per heavy atom. The van der Waals surface area contributed by atoms with Crippen molar-refractivity contribution in [1.82, 2.24) is 15.4 Å². The van der Waals surface area contributed by atoms with E-state index in [9.17, 15) is 0 Å². The van der Waals surface area contributed by atoms with Crippen LogP contribution < -0.4 is 19.7 Å². The summed E-state index contributed by atoms with van der Waals surface area (Å²) in [6.45, 7) is 7.03. The zero-order valence-electron chi connectivity index (χ0n) is 18.9. The Hall–Kier alpha value is -3.03. The molecule has 7 nitrogen and oxygen atoms in total. The molecule has 2 aromatic carbocycles. The zero-order valence-corrected chi connectivity index (χ0v) is 18.9. The Labute approximate surface area is 189 Å². The summed E-state index contributed by atoms with van der Waals surface area (Å²) in [4.78, 5) is 4.98. The number of aromatic nitrogens is 1. The highest BCUT2D eigenvalue weighted by atomic mass is 16.5. The second-order valence-electron chi connectivity index (χ2n) is 7.94. The molecule has 170 valence electrons. The van der Waals surface area contributed by atoms with Gasteiger partial charge in [0.25, 0.3) is 0 Å². The third-order valence-corrected chi connectivity index (χ3v) is 5.88. The lowest BCUT2D eigenvalue weighted by atomic mass is 10.1. The number of ether oxygens (including phenoxy) is 2. The van der Waals surface area contributed by atoms with Crippen LogP contribution in [0.4, 0.5) is 5.69 Å². The number of hydrogen-bond acceptors (Lipinski definition) is 7. The first-order valence-corrected chi connectivity index (χ1v) is 11.2. The molecule has 1 aliphatic heterocycles. The van der Waals surface area contributed by atoms with Gasteiger partial charge in [-0.15, -0.1) is 0 Å². The summed E-state index contributed by atoms with van der Waals surface area (Å²) in [5, 5.41) is 7.66. The Morgan fingerprint density at radius 2 is 1.75 bits per heavy atom. The summed E-state index contributed by atoms with van der Waals surface area (Å²) in [5.74, 6) is 2.53. The molecule has 0 spiro atoms. The van der Waals surface area contributed by atoms with Crippen molar-refractivity contribution >= 4 is 5.69 Å². The molecular weight excluding hydrogens is 404 g/mol. The third kappa shape index (κ3) is 5.60. The molecule has 0 atom stereocenters. The molecule has 0 bridgehead atoms. The Morgan fingerprint density at radius 3 is 2.50 bits per heavy atom. The first-order valence-electron chi connectivity index (χ1n) is 11.2. The van der Waals surface area contributed by atoms with Crippen molar-refractivity contribution < 1.29 is 14.0 Å². The highest BCUT2D eigenvalue weighted by molar-refractivity contribution is 5.66. The van der Waals surface area contributed by atoms with Crippen LogP contribution in [-0.4, -0.2) is 63.5 Å². The molecule has 1 N–H and O–H groups in total. The lowest BCUT2D eigenvalue weighted by Crippen LogP contribution is -2.46. The number of methoxy groups -OCH3 is 2. The predicted molar refractivity (Wildman–Crippen MR) is 126 cm³/mol. The highest BCUT2D eigenvalue weighted by Gasteiger charge is 2.17. The van der Waals surface area contributed by atoms with Crippen LogP contribution in [0.25, 0.3) is 11.3 Å². The van der Waals surface area contributed by atoms with Crippen LogP contribution in [0.3, 0.4) is 0 Å². The molecule has 7 heteroatoms. The van der Waals surface area contributed by atoms with Crippen molar-refractivity contribution in [2.24, 2.45) is 0 Å². The average Bonchev–Trinajstić information content (AvgIpc) is 3.33. The van der Waals surface area contributed by atoms with Gasteiger partial charge in [0.15, 0.2) is 5.76 Å². The van der Waals surface area contributed by atoms with Gasteiger partial charge >= 0.3 is 0 Å². The first-order chi connectivity index (χ1) is 15.8. The van der Waals surface area contributed by atoms with Crippen LogP contribution in [0, 0.1) is 0 Å². The minimum atomic E-state index is 0.674. The molecule has 0 unspecified atom stereocenters. The molecule has 1 aliphatic rings. The monoisotopic (exact) mass is 436 g/mol. The number of nitrogens with zero attached hydrogens (tertiary/aromatic N) is 3. The first kappa shape index (κ1) is 22.2. The SMILES string of the molecule is COc1ccc(N2CCN(CCCNCc3cc(-c4ccccc4OC)no3)CC2)cc1. The lowest BCUT2D eigenvalue weighted by Gasteiger charge is -2.36. The summed E-state index contributed by atoms with van der Waals surface area (Å²) in [6, 6.07) is 18.2. The normalized spacial score (nSPS) is 14.5. The number of para-hydroxylation sites is 1. The van der Waals surface area contributed by atoms with E-state index in [0.29, 0.717) is 6.54 Å². The molecule has 4 rings (SSSR count). The molecule has 1 fully saturated rings. The van der Waals surface area contributed by atoms with E-state index in [1.54, 1.807) is 14.2 Å². The Balaban J connectivity index is 1.14. The van der Waals surface area contributed by atoms with Crippen LogP contribution in [0.5, 0.6) is 11.5 Å². The summed E-state index contributed by atoms with van der Waals surface area (Å²) < 4.78 is 16.2. The molecule has 1 aromatic heterocycles. The van der Waals surface area contributed by atoms with Gasteiger partial charge in [0.1, 0.15) is 17.2 Å². The molecule has 0 aliphatic carbocycles. The van der Waals surface area contributed by atoms with E-state index in [2.05, 4.69) is 32.4 Å².